The van der Waals surface area contributed by atoms with E-state index in [0.717, 1.165) is 18.2 Å². The van der Waals surface area contributed by atoms with Gasteiger partial charge in [-0.15, -0.1) is 13.2 Å². The summed E-state index contributed by atoms with van der Waals surface area (Å²) in [6.07, 6.45) is -9.36. The van der Waals surface area contributed by atoms with Gasteiger partial charge in [0.15, 0.2) is 0 Å². The lowest BCUT2D eigenvalue weighted by molar-refractivity contribution is -0.274. The third-order valence-corrected chi connectivity index (χ3v) is 5.15. The molecular formula is C22H20BrF6N5O. The summed E-state index contributed by atoms with van der Waals surface area (Å²) in [5.41, 5.74) is 0.0618. The van der Waals surface area contributed by atoms with Crippen LogP contribution in [0.15, 0.2) is 53.0 Å². The Hall–Kier alpha value is -3.06. The molecule has 0 atom stereocenters. The maximum atomic E-state index is 13.0. The molecule has 13 heteroatoms. The van der Waals surface area contributed by atoms with E-state index in [2.05, 4.69) is 41.3 Å². The van der Waals surface area contributed by atoms with Gasteiger partial charge in [0, 0.05) is 29.2 Å². The summed E-state index contributed by atoms with van der Waals surface area (Å²) < 4.78 is 81.0. The van der Waals surface area contributed by atoms with Crippen molar-refractivity contribution in [2.24, 2.45) is 0 Å². The fourth-order valence-corrected chi connectivity index (χ4v) is 3.39. The maximum absolute atomic E-state index is 13.0. The minimum absolute atomic E-state index is 0.148. The number of hydrogen-bond acceptors (Lipinski definition) is 6. The van der Waals surface area contributed by atoms with Crippen molar-refractivity contribution in [1.82, 2.24) is 14.9 Å². The normalized spacial score (nSPS) is 12.1. The molecule has 35 heavy (non-hydrogen) atoms. The van der Waals surface area contributed by atoms with Crippen molar-refractivity contribution in [1.29, 1.82) is 0 Å². The van der Waals surface area contributed by atoms with Crippen LogP contribution in [0.4, 0.5) is 43.8 Å². The van der Waals surface area contributed by atoms with Gasteiger partial charge in [0.1, 0.15) is 11.6 Å². The van der Waals surface area contributed by atoms with Gasteiger partial charge in [-0.3, -0.25) is 0 Å². The third-order valence-electron chi connectivity index (χ3n) is 4.49. The molecule has 0 saturated heterocycles. The predicted octanol–water partition coefficient (Wildman–Crippen LogP) is 6.54. The topological polar surface area (TPSA) is 62.3 Å². The maximum Gasteiger partial charge on any atom is 0.573 e. The Morgan fingerprint density at radius 1 is 0.971 bits per heavy atom. The summed E-state index contributed by atoms with van der Waals surface area (Å²) in [7, 11) is 3.75. The second-order valence-corrected chi connectivity index (χ2v) is 8.44. The molecule has 2 aromatic carbocycles. The molecule has 0 fully saturated rings. The van der Waals surface area contributed by atoms with Crippen LogP contribution in [0.2, 0.25) is 0 Å². The Bertz CT molecular complexity index is 1170. The first-order chi connectivity index (χ1) is 16.3. The van der Waals surface area contributed by atoms with E-state index in [1.165, 1.54) is 24.3 Å². The molecule has 1 heterocycles. The number of alkyl halides is 6. The lowest BCUT2D eigenvalue weighted by Crippen LogP contribution is -2.21. The molecule has 0 bridgehead atoms. The lowest BCUT2D eigenvalue weighted by atomic mass is 10.1. The van der Waals surface area contributed by atoms with Gasteiger partial charge in [-0.1, -0.05) is 12.1 Å². The van der Waals surface area contributed by atoms with Crippen LogP contribution in [0.25, 0.3) is 11.3 Å². The average Bonchev–Trinajstić information content (AvgIpc) is 2.73. The second kappa shape index (κ2) is 10.7. The molecule has 3 rings (SSSR count). The van der Waals surface area contributed by atoms with Gasteiger partial charge < -0.3 is 20.3 Å². The molecule has 3 aromatic rings. The van der Waals surface area contributed by atoms with Crippen LogP contribution in [-0.2, 0) is 6.18 Å². The number of hydrogen-bond donors (Lipinski definition) is 2. The minimum atomic E-state index is -4.86. The van der Waals surface area contributed by atoms with Crippen LogP contribution < -0.4 is 15.4 Å². The predicted molar refractivity (Wildman–Crippen MR) is 124 cm³/mol. The van der Waals surface area contributed by atoms with Gasteiger partial charge in [0.25, 0.3) is 0 Å². The van der Waals surface area contributed by atoms with E-state index in [4.69, 9.17) is 0 Å². The van der Waals surface area contributed by atoms with Gasteiger partial charge in [-0.25, -0.2) is 4.98 Å². The Balaban J connectivity index is 1.96. The molecule has 0 aliphatic rings. The highest BCUT2D eigenvalue weighted by atomic mass is 79.9. The first-order valence-corrected chi connectivity index (χ1v) is 10.9. The molecule has 0 spiro atoms. The van der Waals surface area contributed by atoms with Crippen molar-refractivity contribution in [2.45, 2.75) is 12.5 Å². The Morgan fingerprint density at radius 3 is 2.34 bits per heavy atom. The van der Waals surface area contributed by atoms with Crippen molar-refractivity contribution >= 4 is 33.4 Å². The Morgan fingerprint density at radius 2 is 1.71 bits per heavy atom. The smallest absolute Gasteiger partial charge is 0.406 e. The van der Waals surface area contributed by atoms with Crippen LogP contribution in [0.3, 0.4) is 0 Å². The van der Waals surface area contributed by atoms with E-state index in [9.17, 15) is 26.3 Å². The zero-order valence-electron chi connectivity index (χ0n) is 18.4. The quantitative estimate of drug-likeness (QED) is 0.303. The molecule has 2 N–H and O–H groups in total. The molecule has 0 radical (unpaired) electrons. The third kappa shape index (κ3) is 7.99. The highest BCUT2D eigenvalue weighted by molar-refractivity contribution is 9.10. The minimum Gasteiger partial charge on any atom is -0.406 e. The summed E-state index contributed by atoms with van der Waals surface area (Å²) in [6, 6.07) is 9.83. The summed E-state index contributed by atoms with van der Waals surface area (Å²) in [5, 5.41) is 5.96. The number of benzene rings is 2. The standard InChI is InChI=1S/C22H20BrF6N5O/c1-34(2)9-8-30-20-32-18(13-4-3-5-15(10-13)35-22(27,28)29)12-19(33-20)31-17-7-6-14(11-16(17)23)21(24,25)26/h3-7,10-12H,8-9H2,1-2H3,(H2,30,31,32,33). The van der Waals surface area contributed by atoms with E-state index < -0.39 is 23.9 Å². The van der Waals surface area contributed by atoms with E-state index in [-0.39, 0.29) is 21.9 Å². The fourth-order valence-electron chi connectivity index (χ4n) is 2.91. The van der Waals surface area contributed by atoms with Gasteiger partial charge in [0.05, 0.1) is 16.9 Å². The molecule has 0 aliphatic heterocycles. The van der Waals surface area contributed by atoms with Crippen LogP contribution in [0, 0.1) is 0 Å². The van der Waals surface area contributed by atoms with Crippen LogP contribution >= 0.6 is 15.9 Å². The lowest BCUT2D eigenvalue weighted by Gasteiger charge is -2.15. The molecule has 1 aromatic heterocycles. The van der Waals surface area contributed by atoms with Crippen LogP contribution in [0.5, 0.6) is 5.75 Å². The average molecular weight is 564 g/mol. The number of aromatic nitrogens is 2. The van der Waals surface area contributed by atoms with Crippen molar-refractivity contribution in [3.05, 3.63) is 58.6 Å². The molecule has 6 nitrogen and oxygen atoms in total. The van der Waals surface area contributed by atoms with Gasteiger partial charge in [-0.05, 0) is 60.4 Å². The van der Waals surface area contributed by atoms with Crippen LogP contribution in [0.1, 0.15) is 5.56 Å². The molecule has 0 saturated carbocycles. The Kier molecular flexibility index (Phi) is 8.11. The van der Waals surface area contributed by atoms with E-state index in [1.54, 1.807) is 6.07 Å². The van der Waals surface area contributed by atoms with E-state index in [1.807, 2.05) is 19.0 Å². The monoisotopic (exact) mass is 563 g/mol. The zero-order valence-corrected chi connectivity index (χ0v) is 20.0. The van der Waals surface area contributed by atoms with Crippen molar-refractivity contribution in [3.8, 4) is 17.0 Å². The van der Waals surface area contributed by atoms with Gasteiger partial charge >= 0.3 is 12.5 Å². The first kappa shape index (κ1) is 26.5. The summed E-state index contributed by atoms with van der Waals surface area (Å²) in [6.45, 7) is 1.12. The number of halogens is 7. The number of rotatable bonds is 8. The number of anilines is 3. The Labute approximate surface area is 205 Å². The highest BCUT2D eigenvalue weighted by Gasteiger charge is 2.32. The largest absolute Gasteiger partial charge is 0.573 e. The van der Waals surface area contributed by atoms with Gasteiger partial charge in [-0.2, -0.15) is 18.2 Å². The van der Waals surface area contributed by atoms with E-state index in [0.29, 0.717) is 24.3 Å². The van der Waals surface area contributed by atoms with Crippen molar-refractivity contribution in [3.63, 3.8) is 0 Å². The number of nitrogens with one attached hydrogen (secondary N) is 2. The SMILES string of the molecule is CN(C)CCNc1nc(Nc2ccc(C(F)(F)F)cc2Br)cc(-c2cccc(OC(F)(F)F)c2)n1. The number of nitrogens with zero attached hydrogens (tertiary/aromatic N) is 3. The molecule has 0 aliphatic carbocycles. The highest BCUT2D eigenvalue weighted by Crippen LogP contribution is 2.35. The van der Waals surface area contributed by atoms with E-state index >= 15 is 0 Å². The molecule has 0 amide bonds. The van der Waals surface area contributed by atoms with Crippen LogP contribution in [-0.4, -0.2) is 48.4 Å². The number of likely N-dealkylation sites (N-methyl/N-ethyl adjacent to an activating group) is 1. The molecule has 0 unspecified atom stereocenters. The van der Waals surface area contributed by atoms with Crippen molar-refractivity contribution in [2.75, 3.05) is 37.8 Å². The summed E-state index contributed by atoms with van der Waals surface area (Å²) in [4.78, 5) is 10.6. The molecular weight excluding hydrogens is 544 g/mol. The van der Waals surface area contributed by atoms with Crippen molar-refractivity contribution < 1.29 is 31.1 Å². The molecule has 188 valence electrons. The summed E-state index contributed by atoms with van der Waals surface area (Å²) in [5.74, 6) is -0.0299. The number of ether oxygens (including phenoxy) is 1. The zero-order chi connectivity index (χ0) is 25.8. The fraction of sp³-hybridized carbons (Fsp3) is 0.273. The van der Waals surface area contributed by atoms with Gasteiger partial charge in [0.2, 0.25) is 5.95 Å². The summed E-state index contributed by atoms with van der Waals surface area (Å²) >= 11 is 3.12. The first-order valence-electron chi connectivity index (χ1n) is 10.1. The second-order valence-electron chi connectivity index (χ2n) is 7.59.